The maximum absolute atomic E-state index is 11.7. The predicted octanol–water partition coefficient (Wildman–Crippen LogP) is 4.30. The van der Waals surface area contributed by atoms with Crippen molar-refractivity contribution in [1.82, 2.24) is 10.6 Å². The molecule has 24 heavy (non-hydrogen) atoms. The molecule has 0 aliphatic heterocycles. The highest BCUT2D eigenvalue weighted by Gasteiger charge is 2.02. The Morgan fingerprint density at radius 1 is 0.958 bits per heavy atom. The van der Waals surface area contributed by atoms with E-state index in [9.17, 15) is 4.79 Å². The summed E-state index contributed by atoms with van der Waals surface area (Å²) in [7, 11) is 0. The SMILES string of the molecule is O=C(NCCCOc1ccccc1)NCCc1ccc(Cl)c(Cl)c1. The molecule has 2 rings (SSSR count). The van der Waals surface area contributed by atoms with Crippen LogP contribution in [0.1, 0.15) is 12.0 Å². The van der Waals surface area contributed by atoms with Crippen molar-refractivity contribution in [3.63, 3.8) is 0 Å². The topological polar surface area (TPSA) is 50.4 Å². The summed E-state index contributed by atoms with van der Waals surface area (Å²) in [5, 5.41) is 6.66. The van der Waals surface area contributed by atoms with E-state index in [-0.39, 0.29) is 6.03 Å². The Bertz CT molecular complexity index is 651. The summed E-state index contributed by atoms with van der Waals surface area (Å²) >= 11 is 11.8. The Morgan fingerprint density at radius 2 is 1.71 bits per heavy atom. The maximum atomic E-state index is 11.7. The lowest BCUT2D eigenvalue weighted by atomic mass is 10.1. The lowest BCUT2D eigenvalue weighted by Crippen LogP contribution is -2.37. The van der Waals surface area contributed by atoms with E-state index >= 15 is 0 Å². The molecule has 4 nitrogen and oxygen atoms in total. The molecule has 2 aromatic rings. The van der Waals surface area contributed by atoms with Crippen LogP contribution >= 0.6 is 23.2 Å². The number of ether oxygens (including phenoxy) is 1. The van der Waals surface area contributed by atoms with Crippen LogP contribution in [0.2, 0.25) is 10.0 Å². The average molecular weight is 367 g/mol. The van der Waals surface area contributed by atoms with Crippen molar-refractivity contribution in [2.75, 3.05) is 19.7 Å². The number of carbonyl (C=O) groups is 1. The van der Waals surface area contributed by atoms with E-state index in [0.29, 0.717) is 36.2 Å². The summed E-state index contributed by atoms with van der Waals surface area (Å²) in [4.78, 5) is 11.7. The van der Waals surface area contributed by atoms with Gasteiger partial charge in [-0.05, 0) is 42.7 Å². The van der Waals surface area contributed by atoms with Gasteiger partial charge in [0.05, 0.1) is 16.7 Å². The van der Waals surface area contributed by atoms with E-state index in [1.807, 2.05) is 42.5 Å². The fourth-order valence-electron chi connectivity index (χ4n) is 2.06. The minimum atomic E-state index is -0.185. The van der Waals surface area contributed by atoms with Gasteiger partial charge in [0.2, 0.25) is 0 Å². The predicted molar refractivity (Wildman–Crippen MR) is 98.1 cm³/mol. The third-order valence-corrected chi connectivity index (χ3v) is 4.04. The van der Waals surface area contributed by atoms with Crippen molar-refractivity contribution in [3.8, 4) is 5.75 Å². The average Bonchev–Trinajstić information content (AvgIpc) is 2.59. The molecule has 0 spiro atoms. The summed E-state index contributed by atoms with van der Waals surface area (Å²) in [5.74, 6) is 0.837. The first-order valence-electron chi connectivity index (χ1n) is 7.78. The molecule has 0 atom stereocenters. The number of para-hydroxylation sites is 1. The summed E-state index contributed by atoms with van der Waals surface area (Å²) in [6.45, 7) is 1.66. The van der Waals surface area contributed by atoms with Crippen molar-refractivity contribution in [2.24, 2.45) is 0 Å². The minimum absolute atomic E-state index is 0.185. The van der Waals surface area contributed by atoms with Gasteiger partial charge in [-0.25, -0.2) is 4.79 Å². The van der Waals surface area contributed by atoms with Gasteiger partial charge in [-0.1, -0.05) is 47.5 Å². The normalized spacial score (nSPS) is 10.2. The van der Waals surface area contributed by atoms with Crippen molar-refractivity contribution in [2.45, 2.75) is 12.8 Å². The number of hydrogen-bond acceptors (Lipinski definition) is 2. The van der Waals surface area contributed by atoms with Crippen LogP contribution in [0.25, 0.3) is 0 Å². The lowest BCUT2D eigenvalue weighted by Gasteiger charge is -2.09. The van der Waals surface area contributed by atoms with E-state index in [0.717, 1.165) is 17.7 Å². The number of carbonyl (C=O) groups excluding carboxylic acids is 1. The van der Waals surface area contributed by atoms with Gasteiger partial charge in [0.1, 0.15) is 5.75 Å². The van der Waals surface area contributed by atoms with Crippen molar-refractivity contribution in [1.29, 1.82) is 0 Å². The van der Waals surface area contributed by atoms with Crippen LogP contribution in [0.3, 0.4) is 0 Å². The van der Waals surface area contributed by atoms with Gasteiger partial charge >= 0.3 is 6.03 Å². The van der Waals surface area contributed by atoms with E-state index in [4.69, 9.17) is 27.9 Å². The van der Waals surface area contributed by atoms with E-state index < -0.39 is 0 Å². The molecule has 128 valence electrons. The zero-order chi connectivity index (χ0) is 17.2. The number of rotatable bonds is 8. The highest BCUT2D eigenvalue weighted by molar-refractivity contribution is 6.42. The zero-order valence-corrected chi connectivity index (χ0v) is 14.7. The van der Waals surface area contributed by atoms with Gasteiger partial charge in [0, 0.05) is 13.1 Å². The molecule has 0 aliphatic carbocycles. The second-order valence-electron chi connectivity index (χ2n) is 5.20. The second-order valence-corrected chi connectivity index (χ2v) is 6.01. The molecule has 6 heteroatoms. The third-order valence-electron chi connectivity index (χ3n) is 3.30. The number of amides is 2. The van der Waals surface area contributed by atoms with Crippen molar-refractivity contribution < 1.29 is 9.53 Å². The molecular formula is C18H20Cl2N2O2. The van der Waals surface area contributed by atoms with E-state index in [2.05, 4.69) is 10.6 Å². The molecule has 0 bridgehead atoms. The molecule has 0 fully saturated rings. The number of benzene rings is 2. The second kappa shape index (κ2) is 10.1. The first-order valence-corrected chi connectivity index (χ1v) is 8.54. The van der Waals surface area contributed by atoms with Gasteiger partial charge in [-0.3, -0.25) is 0 Å². The van der Waals surface area contributed by atoms with Crippen LogP contribution in [-0.4, -0.2) is 25.7 Å². The monoisotopic (exact) mass is 366 g/mol. The molecule has 0 radical (unpaired) electrons. The molecule has 2 aromatic carbocycles. The smallest absolute Gasteiger partial charge is 0.314 e. The molecule has 0 unspecified atom stereocenters. The van der Waals surface area contributed by atoms with Crippen LogP contribution < -0.4 is 15.4 Å². The number of hydrogen-bond donors (Lipinski definition) is 2. The molecule has 0 heterocycles. The Labute approximate surface area is 152 Å². The Balaban J connectivity index is 1.54. The maximum Gasteiger partial charge on any atom is 0.314 e. The van der Waals surface area contributed by atoms with Crippen LogP contribution in [-0.2, 0) is 6.42 Å². The highest BCUT2D eigenvalue weighted by atomic mass is 35.5. The first-order chi connectivity index (χ1) is 11.6. The van der Waals surface area contributed by atoms with Gasteiger partial charge in [-0.15, -0.1) is 0 Å². The van der Waals surface area contributed by atoms with Crippen LogP contribution in [0.4, 0.5) is 4.79 Å². The molecule has 2 N–H and O–H groups in total. The summed E-state index contributed by atoms with van der Waals surface area (Å²) < 4.78 is 5.55. The van der Waals surface area contributed by atoms with Crippen LogP contribution in [0.5, 0.6) is 5.75 Å². The standard InChI is InChI=1S/C18H20Cl2N2O2/c19-16-8-7-14(13-17(16)20)9-11-22-18(23)21-10-4-12-24-15-5-2-1-3-6-15/h1-3,5-8,13H,4,9-12H2,(H2,21,22,23). The molecule has 0 saturated carbocycles. The van der Waals surface area contributed by atoms with Crippen LogP contribution in [0.15, 0.2) is 48.5 Å². The van der Waals surface area contributed by atoms with Gasteiger partial charge < -0.3 is 15.4 Å². The molecule has 0 saturated heterocycles. The van der Waals surface area contributed by atoms with Gasteiger partial charge in [-0.2, -0.15) is 0 Å². The third kappa shape index (κ3) is 6.69. The molecular weight excluding hydrogens is 347 g/mol. The van der Waals surface area contributed by atoms with Gasteiger partial charge in [0.25, 0.3) is 0 Å². The summed E-state index contributed by atoms with van der Waals surface area (Å²) in [6.07, 6.45) is 1.44. The highest BCUT2D eigenvalue weighted by Crippen LogP contribution is 2.22. The minimum Gasteiger partial charge on any atom is -0.494 e. The largest absolute Gasteiger partial charge is 0.494 e. The van der Waals surface area contributed by atoms with Crippen LogP contribution in [0, 0.1) is 0 Å². The van der Waals surface area contributed by atoms with Gasteiger partial charge in [0.15, 0.2) is 0 Å². The number of urea groups is 1. The molecule has 0 aromatic heterocycles. The summed E-state index contributed by atoms with van der Waals surface area (Å²) in [5.41, 5.74) is 1.03. The Hall–Kier alpha value is -1.91. The zero-order valence-electron chi connectivity index (χ0n) is 13.2. The molecule has 0 aliphatic rings. The fraction of sp³-hybridized carbons (Fsp3) is 0.278. The van der Waals surface area contributed by atoms with Crippen molar-refractivity contribution in [3.05, 3.63) is 64.1 Å². The van der Waals surface area contributed by atoms with E-state index in [1.165, 1.54) is 0 Å². The quantitative estimate of drug-likeness (QED) is 0.684. The van der Waals surface area contributed by atoms with E-state index in [1.54, 1.807) is 6.07 Å². The first kappa shape index (κ1) is 18.4. The number of nitrogens with one attached hydrogen (secondary N) is 2. The molecule has 2 amide bonds. The Morgan fingerprint density at radius 3 is 2.46 bits per heavy atom. The lowest BCUT2D eigenvalue weighted by molar-refractivity contribution is 0.239. The summed E-state index contributed by atoms with van der Waals surface area (Å²) in [6, 6.07) is 14.9. The van der Waals surface area contributed by atoms with Crippen molar-refractivity contribution >= 4 is 29.2 Å². The Kier molecular flexibility index (Phi) is 7.72. The fourth-order valence-corrected chi connectivity index (χ4v) is 2.38. The number of halogens is 2.